The van der Waals surface area contributed by atoms with Crippen molar-refractivity contribution in [2.24, 2.45) is 0 Å². The van der Waals surface area contributed by atoms with Gasteiger partial charge in [0.1, 0.15) is 12.2 Å². The Morgan fingerprint density at radius 1 is 0.750 bits per heavy atom. The third-order valence-electron chi connectivity index (χ3n) is 3.61. The maximum absolute atomic E-state index is 11.6. The lowest BCUT2D eigenvalue weighted by molar-refractivity contribution is -0.157. The van der Waals surface area contributed by atoms with Gasteiger partial charge < -0.3 is 29.2 Å². The second-order valence-electron chi connectivity index (χ2n) is 5.44. The molecule has 0 saturated carbocycles. The predicted octanol–water partition coefficient (Wildman–Crippen LogP) is -0.663. The van der Waals surface area contributed by atoms with Gasteiger partial charge in [0.25, 0.3) is 0 Å². The Bertz CT molecular complexity index is 470. The minimum absolute atomic E-state index is 0.0529. The minimum Gasteiger partial charge on any atom is -0.481 e. The fraction of sp³-hybridized carbons (Fsp3) is 0.714. The van der Waals surface area contributed by atoms with Crippen molar-refractivity contribution in [3.8, 4) is 0 Å². The third-order valence-corrected chi connectivity index (χ3v) is 3.61. The molecule has 10 nitrogen and oxygen atoms in total. The maximum Gasteiger partial charge on any atom is 0.306 e. The van der Waals surface area contributed by atoms with E-state index in [1.54, 1.807) is 0 Å². The van der Waals surface area contributed by atoms with Crippen LogP contribution in [0.25, 0.3) is 0 Å². The Morgan fingerprint density at radius 2 is 1.12 bits per heavy atom. The van der Waals surface area contributed by atoms with E-state index in [4.69, 9.17) is 29.2 Å². The largest absolute Gasteiger partial charge is 0.481 e. The summed E-state index contributed by atoms with van der Waals surface area (Å²) < 4.78 is 21.2. The number of carbonyl (C=O) groups excluding carboxylic acids is 2. The molecule has 4 unspecified atom stereocenters. The monoisotopic (exact) mass is 346 g/mol. The van der Waals surface area contributed by atoms with Crippen LogP contribution in [0.15, 0.2) is 0 Å². The van der Waals surface area contributed by atoms with Crippen LogP contribution in [0, 0.1) is 0 Å². The van der Waals surface area contributed by atoms with Gasteiger partial charge in [0.2, 0.25) is 0 Å². The Labute approximate surface area is 136 Å². The molecule has 2 saturated heterocycles. The molecular formula is C14H18O10. The van der Waals surface area contributed by atoms with Crippen molar-refractivity contribution in [1.82, 2.24) is 0 Å². The van der Waals surface area contributed by atoms with Gasteiger partial charge in [-0.05, 0) is 0 Å². The van der Waals surface area contributed by atoms with Gasteiger partial charge in [-0.15, -0.1) is 0 Å². The zero-order chi connectivity index (χ0) is 17.7. The second-order valence-corrected chi connectivity index (χ2v) is 5.44. The third kappa shape index (κ3) is 4.90. The summed E-state index contributed by atoms with van der Waals surface area (Å²) in [5, 5.41) is 17.1. The standard InChI is InChI=1S/C14H18O10/c15-9(16)1-3-11(19)23-7-5-21-14-8(6-22-13(7)14)24-12(20)4-2-10(17)18/h7-8,13-14H,1-6H2,(H,15,16)(H,17,18). The first-order valence-corrected chi connectivity index (χ1v) is 7.42. The summed E-state index contributed by atoms with van der Waals surface area (Å²) in [5.41, 5.74) is 0. The number of fused-ring (bicyclic) bond motifs is 1. The van der Waals surface area contributed by atoms with E-state index < -0.39 is 48.3 Å². The number of ether oxygens (including phenoxy) is 4. The molecule has 4 atom stereocenters. The van der Waals surface area contributed by atoms with Crippen molar-refractivity contribution < 1.29 is 48.3 Å². The molecule has 2 N–H and O–H groups in total. The topological polar surface area (TPSA) is 146 Å². The highest BCUT2D eigenvalue weighted by atomic mass is 16.7. The van der Waals surface area contributed by atoms with E-state index >= 15 is 0 Å². The van der Waals surface area contributed by atoms with Crippen LogP contribution in [0.4, 0.5) is 0 Å². The molecule has 0 aromatic rings. The van der Waals surface area contributed by atoms with Gasteiger partial charge in [-0.25, -0.2) is 0 Å². The van der Waals surface area contributed by atoms with Crippen LogP contribution in [0.5, 0.6) is 0 Å². The lowest BCUT2D eigenvalue weighted by Crippen LogP contribution is -2.36. The SMILES string of the molecule is O=C(O)CCC(=O)OC1COC2C(OC(=O)CCC(=O)O)COC12. The van der Waals surface area contributed by atoms with Gasteiger partial charge in [-0.2, -0.15) is 0 Å². The summed E-state index contributed by atoms with van der Waals surface area (Å²) in [7, 11) is 0. The summed E-state index contributed by atoms with van der Waals surface area (Å²) in [5.74, 6) is -3.54. The Kier molecular flexibility index (Phi) is 6.10. The van der Waals surface area contributed by atoms with Gasteiger partial charge in [0.05, 0.1) is 38.9 Å². The fourth-order valence-corrected chi connectivity index (χ4v) is 2.50. The highest BCUT2D eigenvalue weighted by Crippen LogP contribution is 2.31. The van der Waals surface area contributed by atoms with E-state index in [1.165, 1.54) is 0 Å². The van der Waals surface area contributed by atoms with Crippen LogP contribution in [0.2, 0.25) is 0 Å². The average Bonchev–Trinajstić information content (AvgIpc) is 3.07. The summed E-state index contributed by atoms with van der Waals surface area (Å²) in [4.78, 5) is 44.0. The van der Waals surface area contributed by atoms with Crippen LogP contribution in [-0.4, -0.2) is 71.7 Å². The molecule has 0 aromatic heterocycles. The van der Waals surface area contributed by atoms with E-state index in [9.17, 15) is 19.2 Å². The first-order valence-electron chi connectivity index (χ1n) is 7.42. The molecule has 0 bridgehead atoms. The molecular weight excluding hydrogens is 328 g/mol. The van der Waals surface area contributed by atoms with E-state index in [2.05, 4.69) is 0 Å². The zero-order valence-corrected chi connectivity index (χ0v) is 12.7. The number of esters is 2. The number of aliphatic carboxylic acids is 2. The number of carboxylic acid groups (broad SMARTS) is 2. The number of carbonyl (C=O) groups is 4. The Balaban J connectivity index is 1.78. The molecule has 0 spiro atoms. The Hall–Kier alpha value is -2.20. The van der Waals surface area contributed by atoms with Crippen LogP contribution in [0.1, 0.15) is 25.7 Å². The number of hydrogen-bond donors (Lipinski definition) is 2. The van der Waals surface area contributed by atoms with Gasteiger partial charge in [0, 0.05) is 0 Å². The first kappa shape index (κ1) is 18.1. The summed E-state index contributed by atoms with van der Waals surface area (Å²) in [6.45, 7) is 0.106. The highest BCUT2D eigenvalue weighted by Gasteiger charge is 2.51. The summed E-state index contributed by atoms with van der Waals surface area (Å²) >= 11 is 0. The number of rotatable bonds is 8. The maximum atomic E-state index is 11.6. The summed E-state index contributed by atoms with van der Waals surface area (Å²) in [6.07, 6.45) is -3.76. The van der Waals surface area contributed by atoms with Crippen molar-refractivity contribution in [3.63, 3.8) is 0 Å². The fourth-order valence-electron chi connectivity index (χ4n) is 2.50. The zero-order valence-electron chi connectivity index (χ0n) is 12.7. The van der Waals surface area contributed by atoms with Crippen molar-refractivity contribution in [1.29, 1.82) is 0 Å². The van der Waals surface area contributed by atoms with E-state index in [0.29, 0.717) is 0 Å². The molecule has 0 radical (unpaired) electrons. The lowest BCUT2D eigenvalue weighted by Gasteiger charge is -2.17. The quantitative estimate of drug-likeness (QED) is 0.543. The molecule has 2 rings (SSSR count). The first-order chi connectivity index (χ1) is 11.4. The molecule has 134 valence electrons. The van der Waals surface area contributed by atoms with Crippen LogP contribution < -0.4 is 0 Å². The van der Waals surface area contributed by atoms with Crippen molar-refractivity contribution in [2.75, 3.05) is 13.2 Å². The molecule has 0 aromatic carbocycles. The van der Waals surface area contributed by atoms with Crippen molar-refractivity contribution >= 4 is 23.9 Å². The molecule has 2 fully saturated rings. The molecule has 10 heteroatoms. The molecule has 2 aliphatic heterocycles. The molecule has 2 heterocycles. The molecule has 2 aliphatic rings. The second kappa shape index (κ2) is 8.06. The minimum atomic E-state index is -1.10. The van der Waals surface area contributed by atoms with E-state index in [1.807, 2.05) is 0 Å². The highest BCUT2D eigenvalue weighted by molar-refractivity contribution is 5.77. The normalized spacial score (nSPS) is 28.2. The average molecular weight is 346 g/mol. The van der Waals surface area contributed by atoms with Crippen LogP contribution in [0.3, 0.4) is 0 Å². The predicted molar refractivity (Wildman–Crippen MR) is 73.0 cm³/mol. The van der Waals surface area contributed by atoms with Crippen LogP contribution >= 0.6 is 0 Å². The van der Waals surface area contributed by atoms with Crippen molar-refractivity contribution in [3.05, 3.63) is 0 Å². The smallest absolute Gasteiger partial charge is 0.306 e. The Morgan fingerprint density at radius 3 is 1.46 bits per heavy atom. The summed E-state index contributed by atoms with van der Waals surface area (Å²) in [6, 6.07) is 0. The van der Waals surface area contributed by atoms with Crippen molar-refractivity contribution in [2.45, 2.75) is 50.1 Å². The molecule has 0 amide bonds. The van der Waals surface area contributed by atoms with Gasteiger partial charge >= 0.3 is 23.9 Å². The van der Waals surface area contributed by atoms with Gasteiger partial charge in [0.15, 0.2) is 12.2 Å². The van der Waals surface area contributed by atoms with Gasteiger partial charge in [-0.1, -0.05) is 0 Å². The van der Waals surface area contributed by atoms with E-state index in [-0.39, 0.29) is 38.9 Å². The molecule has 0 aliphatic carbocycles. The van der Waals surface area contributed by atoms with Crippen LogP contribution in [-0.2, 0) is 38.1 Å². The van der Waals surface area contributed by atoms with Gasteiger partial charge in [-0.3, -0.25) is 19.2 Å². The lowest BCUT2D eigenvalue weighted by atomic mass is 10.1. The number of carboxylic acids is 2. The van der Waals surface area contributed by atoms with E-state index in [0.717, 1.165) is 0 Å². The molecule has 24 heavy (non-hydrogen) atoms. The number of hydrogen-bond acceptors (Lipinski definition) is 8.